The molecule has 1 aromatic rings. The highest BCUT2D eigenvalue weighted by Crippen LogP contribution is 2.23. The summed E-state index contributed by atoms with van der Waals surface area (Å²) in [4.78, 5) is 13.2. The Morgan fingerprint density at radius 3 is 2.82 bits per heavy atom. The van der Waals surface area contributed by atoms with Crippen molar-refractivity contribution in [1.82, 2.24) is 10.2 Å². The Morgan fingerprint density at radius 1 is 1.53 bits per heavy atom. The highest BCUT2D eigenvalue weighted by atomic mass is 79.9. The normalized spacial score (nSPS) is 10.4. The Hall–Kier alpha value is -1.07. The summed E-state index contributed by atoms with van der Waals surface area (Å²) in [5.41, 5.74) is 1.09. The van der Waals surface area contributed by atoms with Crippen LogP contribution in [-0.2, 0) is 11.3 Å². The molecule has 4 nitrogen and oxygen atoms in total. The van der Waals surface area contributed by atoms with Crippen molar-refractivity contribution in [2.24, 2.45) is 0 Å². The second-order valence-electron chi connectivity index (χ2n) is 3.80. The molecule has 0 atom stereocenters. The van der Waals surface area contributed by atoms with Crippen molar-refractivity contribution in [3.05, 3.63) is 28.2 Å². The van der Waals surface area contributed by atoms with Crippen LogP contribution in [0.4, 0.5) is 0 Å². The molecule has 0 aliphatic carbocycles. The van der Waals surface area contributed by atoms with Gasteiger partial charge >= 0.3 is 0 Å². The quantitative estimate of drug-likeness (QED) is 0.899. The number of halogens is 1. The number of nitrogens with zero attached hydrogens (tertiary/aromatic N) is 1. The van der Waals surface area contributed by atoms with E-state index in [-0.39, 0.29) is 5.91 Å². The molecule has 0 aliphatic rings. The molecule has 0 unspecified atom stereocenters. The molecule has 0 aliphatic heterocycles. The first-order valence-electron chi connectivity index (χ1n) is 5.28. The maximum Gasteiger partial charge on any atom is 0.233 e. The van der Waals surface area contributed by atoms with E-state index in [2.05, 4.69) is 21.2 Å². The van der Waals surface area contributed by atoms with E-state index in [0.29, 0.717) is 13.1 Å². The molecule has 0 fully saturated rings. The third-order valence-electron chi connectivity index (χ3n) is 2.39. The molecule has 0 bridgehead atoms. The van der Waals surface area contributed by atoms with Crippen molar-refractivity contribution >= 4 is 21.8 Å². The molecule has 5 heteroatoms. The smallest absolute Gasteiger partial charge is 0.233 e. The van der Waals surface area contributed by atoms with Crippen LogP contribution in [0.3, 0.4) is 0 Å². The lowest BCUT2D eigenvalue weighted by atomic mass is 10.2. The van der Waals surface area contributed by atoms with E-state index in [0.717, 1.165) is 15.8 Å². The Bertz CT molecular complexity index is 396. The van der Waals surface area contributed by atoms with Crippen LogP contribution < -0.4 is 10.1 Å². The van der Waals surface area contributed by atoms with E-state index in [1.807, 2.05) is 30.1 Å². The van der Waals surface area contributed by atoms with Gasteiger partial charge in [-0.15, -0.1) is 0 Å². The molecule has 0 heterocycles. The van der Waals surface area contributed by atoms with Crippen LogP contribution in [0.15, 0.2) is 22.7 Å². The molecule has 1 rings (SSSR count). The predicted octanol–water partition coefficient (Wildman–Crippen LogP) is 1.64. The first-order chi connectivity index (χ1) is 8.06. The molecule has 1 amide bonds. The Labute approximate surface area is 110 Å². The van der Waals surface area contributed by atoms with Crippen molar-refractivity contribution in [2.45, 2.75) is 6.54 Å². The van der Waals surface area contributed by atoms with E-state index in [1.165, 1.54) is 0 Å². The Kier molecular flexibility index (Phi) is 5.44. The fraction of sp³-hybridized carbons (Fsp3) is 0.417. The third-order valence-corrected chi connectivity index (χ3v) is 3.16. The highest BCUT2D eigenvalue weighted by molar-refractivity contribution is 9.10. The summed E-state index contributed by atoms with van der Waals surface area (Å²) in [5, 5.41) is 2.60. The molecule has 0 saturated heterocycles. The number of ether oxygens (including phenoxy) is 1. The van der Waals surface area contributed by atoms with Gasteiger partial charge in [-0.1, -0.05) is 15.9 Å². The minimum atomic E-state index is 0.00604. The average Bonchev–Trinajstić information content (AvgIpc) is 2.31. The Morgan fingerprint density at radius 2 is 2.24 bits per heavy atom. The van der Waals surface area contributed by atoms with Crippen molar-refractivity contribution in [1.29, 1.82) is 0 Å². The Balaban J connectivity index is 2.70. The van der Waals surface area contributed by atoms with Gasteiger partial charge in [0.1, 0.15) is 5.75 Å². The summed E-state index contributed by atoms with van der Waals surface area (Å²) in [6.07, 6.45) is 0. The van der Waals surface area contributed by atoms with Gasteiger partial charge in [0, 0.05) is 18.1 Å². The highest BCUT2D eigenvalue weighted by Gasteiger charge is 2.08. The third kappa shape index (κ3) is 4.36. The molecule has 0 saturated carbocycles. The first kappa shape index (κ1) is 14.0. The number of benzene rings is 1. The number of nitrogens with one attached hydrogen (secondary N) is 1. The zero-order chi connectivity index (χ0) is 12.8. The molecule has 94 valence electrons. The van der Waals surface area contributed by atoms with Gasteiger partial charge in [0.25, 0.3) is 0 Å². The fourth-order valence-corrected chi connectivity index (χ4v) is 1.84. The van der Waals surface area contributed by atoms with Gasteiger partial charge in [-0.05, 0) is 30.8 Å². The molecule has 1 aromatic carbocycles. The maximum absolute atomic E-state index is 11.2. The van der Waals surface area contributed by atoms with Crippen molar-refractivity contribution in [3.8, 4) is 5.75 Å². The number of amides is 1. The minimum absolute atomic E-state index is 0.00604. The first-order valence-corrected chi connectivity index (χ1v) is 6.07. The van der Waals surface area contributed by atoms with Crippen LogP contribution in [0, 0.1) is 0 Å². The van der Waals surface area contributed by atoms with Gasteiger partial charge < -0.3 is 10.1 Å². The molecular weight excluding hydrogens is 284 g/mol. The number of rotatable bonds is 5. The molecule has 0 spiro atoms. The summed E-state index contributed by atoms with van der Waals surface area (Å²) in [5.74, 6) is 0.822. The second-order valence-corrected chi connectivity index (χ2v) is 4.66. The van der Waals surface area contributed by atoms with E-state index >= 15 is 0 Å². The summed E-state index contributed by atoms with van der Waals surface area (Å²) < 4.78 is 6.19. The number of carbonyl (C=O) groups is 1. The van der Waals surface area contributed by atoms with E-state index in [9.17, 15) is 4.79 Å². The number of carbonyl (C=O) groups excluding carboxylic acids is 1. The van der Waals surface area contributed by atoms with Crippen LogP contribution >= 0.6 is 15.9 Å². The van der Waals surface area contributed by atoms with Gasteiger partial charge in [-0.25, -0.2) is 0 Å². The largest absolute Gasteiger partial charge is 0.497 e. The lowest BCUT2D eigenvalue weighted by Crippen LogP contribution is -2.32. The standard InChI is InChI=1S/C12H17BrN2O2/c1-14-12(16)8-15(2)7-9-6-10(17-3)4-5-11(9)13/h4-6H,7-8H2,1-3H3,(H,14,16). The van der Waals surface area contributed by atoms with Gasteiger partial charge in [0.05, 0.1) is 13.7 Å². The lowest BCUT2D eigenvalue weighted by Gasteiger charge is -2.17. The number of likely N-dealkylation sites (N-methyl/N-ethyl adjacent to an activating group) is 2. The molecule has 1 N–H and O–H groups in total. The van der Waals surface area contributed by atoms with Gasteiger partial charge in [-0.2, -0.15) is 0 Å². The monoisotopic (exact) mass is 300 g/mol. The fourth-order valence-electron chi connectivity index (χ4n) is 1.47. The number of hydrogen-bond acceptors (Lipinski definition) is 3. The lowest BCUT2D eigenvalue weighted by molar-refractivity contribution is -0.121. The van der Waals surface area contributed by atoms with E-state index in [1.54, 1.807) is 14.2 Å². The zero-order valence-corrected chi connectivity index (χ0v) is 11.9. The van der Waals surface area contributed by atoms with Gasteiger partial charge in [-0.3, -0.25) is 9.69 Å². The summed E-state index contributed by atoms with van der Waals surface area (Å²) in [7, 11) is 5.18. The predicted molar refractivity (Wildman–Crippen MR) is 71.1 cm³/mol. The number of methoxy groups -OCH3 is 1. The van der Waals surface area contributed by atoms with Crippen molar-refractivity contribution in [3.63, 3.8) is 0 Å². The summed E-state index contributed by atoms with van der Waals surface area (Å²) >= 11 is 3.49. The van der Waals surface area contributed by atoms with Crippen LogP contribution in [0.5, 0.6) is 5.75 Å². The van der Waals surface area contributed by atoms with Crippen LogP contribution in [0.1, 0.15) is 5.56 Å². The van der Waals surface area contributed by atoms with E-state index in [4.69, 9.17) is 4.74 Å². The summed E-state index contributed by atoms with van der Waals surface area (Å²) in [6, 6.07) is 5.80. The van der Waals surface area contributed by atoms with Crippen LogP contribution in [0.2, 0.25) is 0 Å². The van der Waals surface area contributed by atoms with Gasteiger partial charge in [0.2, 0.25) is 5.91 Å². The molecular formula is C12H17BrN2O2. The molecule has 17 heavy (non-hydrogen) atoms. The summed E-state index contributed by atoms with van der Waals surface area (Å²) in [6.45, 7) is 1.06. The molecule has 0 radical (unpaired) electrons. The van der Waals surface area contributed by atoms with Crippen LogP contribution in [-0.4, -0.2) is 38.6 Å². The second kappa shape index (κ2) is 6.61. The zero-order valence-electron chi connectivity index (χ0n) is 10.3. The topological polar surface area (TPSA) is 41.6 Å². The average molecular weight is 301 g/mol. The van der Waals surface area contributed by atoms with Crippen molar-refractivity contribution in [2.75, 3.05) is 27.7 Å². The minimum Gasteiger partial charge on any atom is -0.497 e. The van der Waals surface area contributed by atoms with Crippen LogP contribution in [0.25, 0.3) is 0 Å². The SMILES string of the molecule is CNC(=O)CN(C)Cc1cc(OC)ccc1Br. The molecule has 0 aromatic heterocycles. The maximum atomic E-state index is 11.2. The van der Waals surface area contributed by atoms with E-state index < -0.39 is 0 Å². The van der Waals surface area contributed by atoms with Gasteiger partial charge in [0.15, 0.2) is 0 Å². The number of hydrogen-bond donors (Lipinski definition) is 1. The van der Waals surface area contributed by atoms with Crippen molar-refractivity contribution < 1.29 is 9.53 Å².